The van der Waals surface area contributed by atoms with E-state index in [0.29, 0.717) is 47.6 Å². The Kier molecular flexibility index (Phi) is 7.34. The fourth-order valence-corrected chi connectivity index (χ4v) is 3.90. The molecule has 1 aromatic heterocycles. The van der Waals surface area contributed by atoms with E-state index in [2.05, 4.69) is 22.9 Å². The summed E-state index contributed by atoms with van der Waals surface area (Å²) in [5, 5.41) is 22.2. The summed E-state index contributed by atoms with van der Waals surface area (Å²) in [4.78, 5) is 15.8. The second-order valence-corrected chi connectivity index (χ2v) is 8.36. The van der Waals surface area contributed by atoms with Crippen LogP contribution < -0.4 is 14.8 Å². The number of aliphatic hydroxyl groups excluding tert-OH is 1. The standard InChI is InChI=1S/C27H22F3N3O4/c1-16(34)21-9-11-36-24-13-23(19(14-31)12-22(21)24)37-20-5-3-18(4-6-20)26(35)32-10-8-17-2-7-25(33-15-17)27(28,29)30/h2-7,12-13,15,21,34H,1,8-11H2,(H,32,35). The number of aliphatic hydroxyl groups is 1. The number of hydrogen-bond donors (Lipinski definition) is 2. The molecule has 0 radical (unpaired) electrons. The summed E-state index contributed by atoms with van der Waals surface area (Å²) in [5.74, 6) is 0.488. The van der Waals surface area contributed by atoms with Crippen molar-refractivity contribution >= 4 is 5.91 Å². The van der Waals surface area contributed by atoms with Crippen LogP contribution in [0.4, 0.5) is 13.2 Å². The molecule has 0 fully saturated rings. The van der Waals surface area contributed by atoms with Crippen molar-refractivity contribution in [1.82, 2.24) is 10.3 Å². The van der Waals surface area contributed by atoms with Crippen molar-refractivity contribution in [3.63, 3.8) is 0 Å². The molecule has 0 saturated heterocycles. The number of aromatic nitrogens is 1. The van der Waals surface area contributed by atoms with E-state index in [1.807, 2.05) is 0 Å². The highest BCUT2D eigenvalue weighted by molar-refractivity contribution is 5.94. The highest BCUT2D eigenvalue weighted by atomic mass is 19.4. The van der Waals surface area contributed by atoms with Crippen LogP contribution in [0.2, 0.25) is 0 Å². The molecule has 1 amide bonds. The number of ether oxygens (including phenoxy) is 2. The van der Waals surface area contributed by atoms with Crippen molar-refractivity contribution in [3.05, 3.63) is 95.0 Å². The zero-order valence-electron chi connectivity index (χ0n) is 19.5. The Morgan fingerprint density at radius 3 is 2.62 bits per heavy atom. The lowest BCUT2D eigenvalue weighted by Gasteiger charge is -2.26. The number of benzene rings is 2. The van der Waals surface area contributed by atoms with Gasteiger partial charge in [-0.3, -0.25) is 9.78 Å². The van der Waals surface area contributed by atoms with Crippen LogP contribution in [-0.2, 0) is 12.6 Å². The molecule has 3 aromatic rings. The Balaban J connectivity index is 1.37. The summed E-state index contributed by atoms with van der Waals surface area (Å²) in [6.45, 7) is 4.21. The quantitative estimate of drug-likeness (QED) is 0.398. The molecule has 1 unspecified atom stereocenters. The van der Waals surface area contributed by atoms with Crippen LogP contribution in [0.25, 0.3) is 0 Å². The van der Waals surface area contributed by atoms with Gasteiger partial charge in [0.05, 0.1) is 17.9 Å². The third-order valence-corrected chi connectivity index (χ3v) is 5.83. The largest absolute Gasteiger partial charge is 0.512 e. The minimum absolute atomic E-state index is 0.00648. The van der Waals surface area contributed by atoms with Gasteiger partial charge in [0.1, 0.15) is 29.0 Å². The first-order valence-corrected chi connectivity index (χ1v) is 11.3. The van der Waals surface area contributed by atoms with Gasteiger partial charge in [0.25, 0.3) is 5.91 Å². The third-order valence-electron chi connectivity index (χ3n) is 5.83. The fraction of sp³-hybridized carbons (Fsp3) is 0.222. The number of amides is 1. The molecule has 2 aromatic carbocycles. The van der Waals surface area contributed by atoms with Crippen LogP contribution in [0, 0.1) is 11.3 Å². The average molecular weight is 509 g/mol. The summed E-state index contributed by atoms with van der Waals surface area (Å²) in [6.07, 6.45) is -2.48. The highest BCUT2D eigenvalue weighted by Crippen LogP contribution is 2.41. The third kappa shape index (κ3) is 6.01. The lowest BCUT2D eigenvalue weighted by Crippen LogP contribution is -2.25. The zero-order valence-corrected chi connectivity index (χ0v) is 19.5. The van der Waals surface area contributed by atoms with Gasteiger partial charge in [-0.25, -0.2) is 0 Å². The molecule has 0 spiro atoms. The first-order valence-electron chi connectivity index (χ1n) is 11.3. The SMILES string of the molecule is C=C(O)C1CCOc2cc(Oc3ccc(C(=O)NCCc4ccc(C(F)(F)F)nc4)cc3)c(C#N)cc21. The first kappa shape index (κ1) is 25.6. The Labute approximate surface area is 210 Å². The van der Waals surface area contributed by atoms with Crippen molar-refractivity contribution in [3.8, 4) is 23.3 Å². The summed E-state index contributed by atoms with van der Waals surface area (Å²) >= 11 is 0. The Bertz CT molecular complexity index is 1350. The fourth-order valence-electron chi connectivity index (χ4n) is 3.90. The van der Waals surface area contributed by atoms with Gasteiger partial charge >= 0.3 is 6.18 Å². The van der Waals surface area contributed by atoms with Crippen molar-refractivity contribution in [2.24, 2.45) is 0 Å². The van der Waals surface area contributed by atoms with Gasteiger partial charge in [0.2, 0.25) is 0 Å². The molecule has 2 N–H and O–H groups in total. The molecule has 0 bridgehead atoms. The van der Waals surface area contributed by atoms with E-state index >= 15 is 0 Å². The first-order chi connectivity index (χ1) is 17.7. The van der Waals surface area contributed by atoms with Crippen molar-refractivity contribution in [1.29, 1.82) is 5.26 Å². The van der Waals surface area contributed by atoms with Gasteiger partial charge in [0, 0.05) is 35.9 Å². The number of carbonyl (C=O) groups excluding carboxylic acids is 1. The average Bonchev–Trinajstić information content (AvgIpc) is 2.88. The van der Waals surface area contributed by atoms with E-state index in [1.165, 1.54) is 6.07 Å². The maximum Gasteiger partial charge on any atom is 0.433 e. The molecular formula is C27H22F3N3O4. The predicted octanol–water partition coefficient (Wildman–Crippen LogP) is 5.67. The molecule has 1 atom stereocenters. The number of alkyl halides is 3. The molecule has 10 heteroatoms. The van der Waals surface area contributed by atoms with Gasteiger partial charge in [-0.1, -0.05) is 12.6 Å². The second-order valence-electron chi connectivity index (χ2n) is 8.36. The van der Waals surface area contributed by atoms with Crippen molar-refractivity contribution < 1.29 is 32.5 Å². The van der Waals surface area contributed by atoms with Gasteiger partial charge in [-0.05, 0) is 54.8 Å². The van der Waals surface area contributed by atoms with Gasteiger partial charge < -0.3 is 19.9 Å². The number of allylic oxidation sites excluding steroid dienone is 1. The van der Waals surface area contributed by atoms with Gasteiger partial charge in [-0.2, -0.15) is 18.4 Å². The van der Waals surface area contributed by atoms with Gasteiger partial charge in [0.15, 0.2) is 0 Å². The number of rotatable bonds is 7. The molecule has 7 nitrogen and oxygen atoms in total. The number of carbonyl (C=O) groups is 1. The Hall–Kier alpha value is -4.52. The molecule has 0 saturated carbocycles. The van der Waals surface area contributed by atoms with Crippen molar-refractivity contribution in [2.75, 3.05) is 13.2 Å². The minimum atomic E-state index is -4.49. The lowest BCUT2D eigenvalue weighted by molar-refractivity contribution is -0.141. The number of fused-ring (bicyclic) bond motifs is 1. The van der Waals surface area contributed by atoms with E-state index in [9.17, 15) is 28.3 Å². The van der Waals surface area contributed by atoms with Crippen LogP contribution in [0.15, 0.2) is 67.1 Å². The molecular weight excluding hydrogens is 487 g/mol. The topological polar surface area (TPSA) is 104 Å². The van der Waals surface area contributed by atoms with Crippen LogP contribution in [-0.4, -0.2) is 29.1 Å². The second kappa shape index (κ2) is 10.6. The van der Waals surface area contributed by atoms with Crippen LogP contribution in [0.1, 0.15) is 45.1 Å². The summed E-state index contributed by atoms with van der Waals surface area (Å²) in [6, 6.07) is 13.8. The molecule has 0 aliphatic carbocycles. The van der Waals surface area contributed by atoms with E-state index in [0.717, 1.165) is 12.3 Å². The van der Waals surface area contributed by atoms with E-state index in [4.69, 9.17) is 9.47 Å². The van der Waals surface area contributed by atoms with Crippen molar-refractivity contribution in [2.45, 2.75) is 24.9 Å². The number of pyridine rings is 1. The van der Waals surface area contributed by atoms with E-state index in [-0.39, 0.29) is 35.4 Å². The molecule has 2 heterocycles. The number of nitrogens with one attached hydrogen (secondary N) is 1. The summed E-state index contributed by atoms with van der Waals surface area (Å²) in [7, 11) is 0. The molecule has 37 heavy (non-hydrogen) atoms. The van der Waals surface area contributed by atoms with Crippen LogP contribution in [0.5, 0.6) is 17.2 Å². The number of nitrogens with zero attached hydrogens (tertiary/aromatic N) is 2. The number of hydrogen-bond acceptors (Lipinski definition) is 6. The molecule has 1 aliphatic heterocycles. The minimum Gasteiger partial charge on any atom is -0.512 e. The summed E-state index contributed by atoms with van der Waals surface area (Å²) < 4.78 is 49.3. The number of halogens is 3. The number of nitriles is 1. The summed E-state index contributed by atoms with van der Waals surface area (Å²) in [5.41, 5.74) is 0.884. The van der Waals surface area contributed by atoms with Crippen LogP contribution in [0.3, 0.4) is 0 Å². The Morgan fingerprint density at radius 2 is 2.00 bits per heavy atom. The maximum absolute atomic E-state index is 12.6. The van der Waals surface area contributed by atoms with Gasteiger partial charge in [-0.15, -0.1) is 0 Å². The smallest absolute Gasteiger partial charge is 0.433 e. The zero-order chi connectivity index (χ0) is 26.6. The highest BCUT2D eigenvalue weighted by Gasteiger charge is 2.32. The lowest BCUT2D eigenvalue weighted by atomic mass is 9.90. The van der Waals surface area contributed by atoms with Crippen LogP contribution >= 0.6 is 0 Å². The molecule has 1 aliphatic rings. The maximum atomic E-state index is 12.6. The Morgan fingerprint density at radius 1 is 1.24 bits per heavy atom. The predicted molar refractivity (Wildman–Crippen MR) is 128 cm³/mol. The normalized spacial score (nSPS) is 14.6. The van der Waals surface area contributed by atoms with E-state index < -0.39 is 11.9 Å². The molecule has 4 rings (SSSR count). The van der Waals surface area contributed by atoms with E-state index in [1.54, 1.807) is 36.4 Å². The molecule has 190 valence electrons. The monoisotopic (exact) mass is 509 g/mol.